The van der Waals surface area contributed by atoms with E-state index < -0.39 is 30.1 Å². The van der Waals surface area contributed by atoms with E-state index in [1.165, 1.54) is 12.0 Å². The molecule has 0 aliphatic carbocycles. The fourth-order valence-corrected chi connectivity index (χ4v) is 2.21. The van der Waals surface area contributed by atoms with E-state index in [0.29, 0.717) is 13.0 Å². The molecule has 1 saturated heterocycles. The third-order valence-corrected chi connectivity index (χ3v) is 3.31. The molecule has 1 aliphatic heterocycles. The summed E-state index contributed by atoms with van der Waals surface area (Å²) in [6.07, 6.45) is 1.44. The first kappa shape index (κ1) is 16.2. The highest BCUT2D eigenvalue weighted by atomic mass is 16.5. The summed E-state index contributed by atoms with van der Waals surface area (Å²) in [5, 5.41) is 11.3. The van der Waals surface area contributed by atoms with Gasteiger partial charge in [0.2, 0.25) is 5.91 Å². The Hall–Kier alpha value is -1.83. The van der Waals surface area contributed by atoms with Gasteiger partial charge >= 0.3 is 12.0 Å². The fourth-order valence-electron chi connectivity index (χ4n) is 2.21. The van der Waals surface area contributed by atoms with Gasteiger partial charge in [-0.1, -0.05) is 0 Å². The lowest BCUT2D eigenvalue weighted by atomic mass is 10.0. The van der Waals surface area contributed by atoms with Crippen LogP contribution in [-0.4, -0.2) is 60.3 Å². The summed E-state index contributed by atoms with van der Waals surface area (Å²) < 4.78 is 4.97. The van der Waals surface area contributed by atoms with E-state index in [1.54, 1.807) is 0 Å². The van der Waals surface area contributed by atoms with E-state index >= 15 is 0 Å². The second-order valence-corrected chi connectivity index (χ2v) is 4.75. The molecule has 2 unspecified atom stereocenters. The van der Waals surface area contributed by atoms with Crippen molar-refractivity contribution < 1.29 is 24.2 Å². The van der Waals surface area contributed by atoms with E-state index in [2.05, 4.69) is 5.32 Å². The number of carboxylic acid groups (broad SMARTS) is 1. The largest absolute Gasteiger partial charge is 0.481 e. The van der Waals surface area contributed by atoms with Gasteiger partial charge in [0.05, 0.1) is 12.5 Å². The molecule has 20 heavy (non-hydrogen) atoms. The number of primary amides is 1. The standard InChI is InChI=1S/C12H21N3O5/c1-20-8(6-10(16)17)7-14-12(19)15-5-3-2-4-9(15)11(13)18/h8-9H,2-7H2,1H3,(H2,13,18)(H,14,19)(H,16,17). The number of hydrogen-bond acceptors (Lipinski definition) is 4. The number of carbonyl (C=O) groups is 3. The van der Waals surface area contributed by atoms with Crippen LogP contribution in [0, 0.1) is 0 Å². The van der Waals surface area contributed by atoms with Gasteiger partial charge < -0.3 is 25.8 Å². The Morgan fingerprint density at radius 2 is 2.15 bits per heavy atom. The Morgan fingerprint density at radius 3 is 2.70 bits per heavy atom. The summed E-state index contributed by atoms with van der Waals surface area (Å²) in [7, 11) is 1.38. The van der Waals surface area contributed by atoms with Gasteiger partial charge in [-0.05, 0) is 19.3 Å². The summed E-state index contributed by atoms with van der Waals surface area (Å²) >= 11 is 0. The summed E-state index contributed by atoms with van der Waals surface area (Å²) in [6, 6.07) is -1.01. The molecule has 1 fully saturated rings. The van der Waals surface area contributed by atoms with Gasteiger partial charge in [0.1, 0.15) is 6.04 Å². The smallest absolute Gasteiger partial charge is 0.318 e. The minimum atomic E-state index is -1.00. The quantitative estimate of drug-likeness (QED) is 0.609. The minimum absolute atomic E-state index is 0.0730. The second kappa shape index (κ2) is 7.68. The molecule has 0 radical (unpaired) electrons. The zero-order valence-corrected chi connectivity index (χ0v) is 11.5. The molecular weight excluding hydrogens is 266 g/mol. The normalized spacial score (nSPS) is 20.2. The van der Waals surface area contributed by atoms with Crippen molar-refractivity contribution in [2.45, 2.75) is 37.8 Å². The van der Waals surface area contributed by atoms with Crippen LogP contribution in [0.1, 0.15) is 25.7 Å². The number of methoxy groups -OCH3 is 1. The number of likely N-dealkylation sites (tertiary alicyclic amines) is 1. The Bertz CT molecular complexity index is 374. The zero-order chi connectivity index (χ0) is 15.1. The molecule has 4 N–H and O–H groups in total. The molecule has 3 amide bonds. The van der Waals surface area contributed by atoms with Crippen molar-refractivity contribution >= 4 is 17.9 Å². The SMILES string of the molecule is COC(CNC(=O)N1CCCCC1C(N)=O)CC(=O)O. The van der Waals surface area contributed by atoms with Crippen LogP contribution in [0.15, 0.2) is 0 Å². The van der Waals surface area contributed by atoms with Gasteiger partial charge in [0, 0.05) is 20.2 Å². The summed E-state index contributed by atoms with van der Waals surface area (Å²) in [4.78, 5) is 35.3. The van der Waals surface area contributed by atoms with E-state index in [4.69, 9.17) is 15.6 Å². The summed E-state index contributed by atoms with van der Waals surface area (Å²) in [5.41, 5.74) is 5.28. The van der Waals surface area contributed by atoms with Crippen molar-refractivity contribution in [3.63, 3.8) is 0 Å². The average molecular weight is 287 g/mol. The third kappa shape index (κ3) is 4.69. The van der Waals surface area contributed by atoms with Crippen LogP contribution in [0.3, 0.4) is 0 Å². The topological polar surface area (TPSA) is 122 Å². The van der Waals surface area contributed by atoms with E-state index in [-0.39, 0.29) is 13.0 Å². The maximum atomic E-state index is 12.0. The highest BCUT2D eigenvalue weighted by Gasteiger charge is 2.30. The first-order valence-corrected chi connectivity index (χ1v) is 6.54. The van der Waals surface area contributed by atoms with Crippen LogP contribution >= 0.6 is 0 Å². The maximum Gasteiger partial charge on any atom is 0.318 e. The van der Waals surface area contributed by atoms with Crippen molar-refractivity contribution in [3.8, 4) is 0 Å². The number of hydrogen-bond donors (Lipinski definition) is 3. The Morgan fingerprint density at radius 1 is 1.45 bits per heavy atom. The number of aliphatic carboxylic acids is 1. The zero-order valence-electron chi connectivity index (χ0n) is 11.5. The number of nitrogens with zero attached hydrogens (tertiary/aromatic N) is 1. The van der Waals surface area contributed by atoms with Crippen LogP contribution in [0.25, 0.3) is 0 Å². The van der Waals surface area contributed by atoms with Crippen molar-refractivity contribution in [1.29, 1.82) is 0 Å². The number of carboxylic acids is 1. The molecule has 0 saturated carbocycles. The predicted octanol–water partition coefficient (Wildman–Crippen LogP) is -0.474. The number of ether oxygens (including phenoxy) is 1. The molecule has 0 aromatic carbocycles. The van der Waals surface area contributed by atoms with E-state index in [9.17, 15) is 14.4 Å². The van der Waals surface area contributed by atoms with Crippen molar-refractivity contribution in [3.05, 3.63) is 0 Å². The molecule has 1 rings (SSSR count). The number of carbonyl (C=O) groups excluding carboxylic acids is 2. The summed E-state index contributed by atoms with van der Waals surface area (Å²) in [6.45, 7) is 0.541. The monoisotopic (exact) mass is 287 g/mol. The molecule has 8 nitrogen and oxygen atoms in total. The molecule has 0 aromatic heterocycles. The van der Waals surface area contributed by atoms with Gasteiger partial charge in [-0.25, -0.2) is 4.79 Å². The number of nitrogens with one attached hydrogen (secondary N) is 1. The average Bonchev–Trinajstić information content (AvgIpc) is 2.42. The molecule has 8 heteroatoms. The Balaban J connectivity index is 2.51. The number of urea groups is 1. The second-order valence-electron chi connectivity index (χ2n) is 4.75. The van der Waals surface area contributed by atoms with Crippen molar-refractivity contribution in [1.82, 2.24) is 10.2 Å². The molecular formula is C12H21N3O5. The molecule has 0 spiro atoms. The van der Waals surface area contributed by atoms with Crippen LogP contribution in [-0.2, 0) is 14.3 Å². The molecule has 2 atom stereocenters. The maximum absolute atomic E-state index is 12.0. The highest BCUT2D eigenvalue weighted by Crippen LogP contribution is 2.16. The first-order chi connectivity index (χ1) is 9.45. The lowest BCUT2D eigenvalue weighted by Gasteiger charge is -2.33. The minimum Gasteiger partial charge on any atom is -0.481 e. The van der Waals surface area contributed by atoms with Crippen LogP contribution in [0.2, 0.25) is 0 Å². The molecule has 114 valence electrons. The Labute approximate surface area is 117 Å². The highest BCUT2D eigenvalue weighted by molar-refractivity contribution is 5.86. The lowest BCUT2D eigenvalue weighted by Crippen LogP contribution is -2.54. The van der Waals surface area contributed by atoms with Gasteiger partial charge in [0.15, 0.2) is 0 Å². The predicted molar refractivity (Wildman–Crippen MR) is 70.0 cm³/mol. The third-order valence-electron chi connectivity index (χ3n) is 3.31. The van der Waals surface area contributed by atoms with Gasteiger partial charge in [-0.3, -0.25) is 9.59 Å². The number of rotatable bonds is 6. The van der Waals surface area contributed by atoms with Crippen molar-refractivity contribution in [2.75, 3.05) is 20.2 Å². The van der Waals surface area contributed by atoms with Gasteiger partial charge in [-0.2, -0.15) is 0 Å². The van der Waals surface area contributed by atoms with Crippen LogP contribution in [0.5, 0.6) is 0 Å². The first-order valence-electron chi connectivity index (χ1n) is 6.54. The van der Waals surface area contributed by atoms with Crippen molar-refractivity contribution in [2.24, 2.45) is 5.73 Å². The molecule has 1 heterocycles. The number of piperidine rings is 1. The fraction of sp³-hybridized carbons (Fsp3) is 0.750. The Kier molecular flexibility index (Phi) is 6.23. The number of amides is 3. The molecule has 1 aliphatic rings. The van der Waals surface area contributed by atoms with E-state index in [0.717, 1.165) is 12.8 Å². The van der Waals surface area contributed by atoms with Crippen LogP contribution < -0.4 is 11.1 Å². The summed E-state index contributed by atoms with van der Waals surface area (Å²) in [5.74, 6) is -1.52. The van der Waals surface area contributed by atoms with E-state index in [1.807, 2.05) is 0 Å². The number of nitrogens with two attached hydrogens (primary N) is 1. The molecule has 0 aromatic rings. The van der Waals surface area contributed by atoms with Gasteiger partial charge in [-0.15, -0.1) is 0 Å². The van der Waals surface area contributed by atoms with Gasteiger partial charge in [0.25, 0.3) is 0 Å². The van der Waals surface area contributed by atoms with Crippen LogP contribution in [0.4, 0.5) is 4.79 Å². The molecule has 0 bridgehead atoms. The lowest BCUT2D eigenvalue weighted by molar-refractivity contribution is -0.139.